The van der Waals surface area contributed by atoms with Crippen molar-refractivity contribution in [1.82, 2.24) is 4.57 Å². The van der Waals surface area contributed by atoms with Crippen LogP contribution in [0, 0.1) is 15.9 Å². The van der Waals surface area contributed by atoms with Crippen molar-refractivity contribution >= 4 is 5.69 Å². The topological polar surface area (TPSA) is 57.3 Å². The molecule has 2 rings (SSSR count). The molecule has 0 atom stereocenters. The number of aromatic nitrogens is 1. The molecule has 0 saturated heterocycles. The summed E-state index contributed by atoms with van der Waals surface area (Å²) in [7, 11) is 3.06. The number of halogens is 1. The molecule has 0 spiro atoms. The Balaban J connectivity index is 2.62. The highest BCUT2D eigenvalue weighted by Crippen LogP contribution is 2.34. The van der Waals surface area contributed by atoms with Gasteiger partial charge in [0, 0.05) is 42.7 Å². The third-order valence-electron chi connectivity index (χ3n) is 2.61. The van der Waals surface area contributed by atoms with Gasteiger partial charge in [0.2, 0.25) is 0 Å². The Morgan fingerprint density at radius 1 is 1.44 bits per heavy atom. The van der Waals surface area contributed by atoms with E-state index in [1.54, 1.807) is 30.1 Å². The predicted molar refractivity (Wildman–Crippen MR) is 64.0 cm³/mol. The van der Waals surface area contributed by atoms with Gasteiger partial charge in [0.05, 0.1) is 12.0 Å². The lowest BCUT2D eigenvalue weighted by Crippen LogP contribution is -1.96. The molecule has 0 aliphatic carbocycles. The molecule has 0 bridgehead atoms. The maximum Gasteiger partial charge on any atom is 0.311 e. The van der Waals surface area contributed by atoms with Gasteiger partial charge in [0.1, 0.15) is 5.82 Å². The highest BCUT2D eigenvalue weighted by atomic mass is 19.1. The van der Waals surface area contributed by atoms with Crippen LogP contribution in [0.4, 0.5) is 10.1 Å². The zero-order valence-corrected chi connectivity index (χ0v) is 9.88. The Labute approximate surface area is 103 Å². The zero-order chi connectivity index (χ0) is 13.3. The van der Waals surface area contributed by atoms with Gasteiger partial charge in [-0.3, -0.25) is 10.1 Å². The van der Waals surface area contributed by atoms with Crippen LogP contribution in [-0.4, -0.2) is 16.6 Å². The van der Waals surface area contributed by atoms with Crippen LogP contribution in [0.1, 0.15) is 0 Å². The minimum Gasteiger partial charge on any atom is -0.490 e. The van der Waals surface area contributed by atoms with Crippen molar-refractivity contribution in [2.45, 2.75) is 0 Å². The van der Waals surface area contributed by atoms with Crippen molar-refractivity contribution in [1.29, 1.82) is 0 Å². The third-order valence-corrected chi connectivity index (χ3v) is 2.61. The first-order valence-corrected chi connectivity index (χ1v) is 5.17. The van der Waals surface area contributed by atoms with E-state index in [0.717, 1.165) is 6.07 Å². The monoisotopic (exact) mass is 250 g/mol. The summed E-state index contributed by atoms with van der Waals surface area (Å²) in [6.45, 7) is 0. The normalized spacial score (nSPS) is 10.4. The minimum atomic E-state index is -0.593. The first-order chi connectivity index (χ1) is 8.52. The van der Waals surface area contributed by atoms with Gasteiger partial charge in [0.25, 0.3) is 0 Å². The minimum absolute atomic E-state index is 0.0859. The number of methoxy groups -OCH3 is 1. The second-order valence-corrected chi connectivity index (χ2v) is 3.83. The molecule has 0 fully saturated rings. The quantitative estimate of drug-likeness (QED) is 0.621. The van der Waals surface area contributed by atoms with Crippen molar-refractivity contribution < 1.29 is 14.1 Å². The molecule has 1 aromatic heterocycles. The molecule has 2 aromatic rings. The number of ether oxygens (including phenoxy) is 1. The third kappa shape index (κ3) is 2.04. The second kappa shape index (κ2) is 4.48. The molecule has 0 aliphatic heterocycles. The van der Waals surface area contributed by atoms with Crippen molar-refractivity contribution in [3.8, 4) is 16.9 Å². The summed E-state index contributed by atoms with van der Waals surface area (Å²) in [6, 6.07) is 3.90. The first-order valence-electron chi connectivity index (χ1n) is 5.17. The summed E-state index contributed by atoms with van der Waals surface area (Å²) in [5, 5.41) is 10.9. The predicted octanol–water partition coefficient (Wildman–Crippen LogP) is 2.75. The number of aryl methyl sites for hydroxylation is 1. The lowest BCUT2D eigenvalue weighted by molar-refractivity contribution is -0.385. The van der Waals surface area contributed by atoms with Gasteiger partial charge in [-0.1, -0.05) is 0 Å². The fourth-order valence-corrected chi connectivity index (χ4v) is 1.73. The number of benzene rings is 1. The van der Waals surface area contributed by atoms with E-state index in [4.69, 9.17) is 4.74 Å². The van der Waals surface area contributed by atoms with E-state index in [1.165, 1.54) is 13.2 Å². The van der Waals surface area contributed by atoms with E-state index >= 15 is 0 Å². The SMILES string of the molecule is COc1cc(F)c(-c2ccn(C)c2)cc1[N+](=O)[O-]. The van der Waals surface area contributed by atoms with Gasteiger partial charge in [-0.25, -0.2) is 4.39 Å². The van der Waals surface area contributed by atoms with Crippen molar-refractivity contribution in [3.05, 3.63) is 46.5 Å². The van der Waals surface area contributed by atoms with Crippen molar-refractivity contribution in [2.24, 2.45) is 7.05 Å². The van der Waals surface area contributed by atoms with Crippen LogP contribution in [0.2, 0.25) is 0 Å². The van der Waals surface area contributed by atoms with Crippen molar-refractivity contribution in [3.63, 3.8) is 0 Å². The molecular formula is C12H11FN2O3. The van der Waals surface area contributed by atoms with E-state index < -0.39 is 10.7 Å². The number of hydrogen-bond donors (Lipinski definition) is 0. The summed E-state index contributed by atoms with van der Waals surface area (Å²) in [4.78, 5) is 10.3. The van der Waals surface area contributed by atoms with E-state index in [2.05, 4.69) is 0 Å². The Kier molecular flexibility index (Phi) is 3.01. The molecule has 0 radical (unpaired) electrons. The van der Waals surface area contributed by atoms with Gasteiger partial charge in [0.15, 0.2) is 5.75 Å². The Morgan fingerprint density at radius 2 is 2.17 bits per heavy atom. The van der Waals surface area contributed by atoms with E-state index in [1.807, 2.05) is 0 Å². The van der Waals surface area contributed by atoms with E-state index in [0.29, 0.717) is 5.56 Å². The summed E-state index contributed by atoms with van der Waals surface area (Å²) >= 11 is 0. The second-order valence-electron chi connectivity index (χ2n) is 3.83. The largest absolute Gasteiger partial charge is 0.490 e. The number of hydrogen-bond acceptors (Lipinski definition) is 3. The molecule has 1 aromatic carbocycles. The van der Waals surface area contributed by atoms with Crippen LogP contribution in [0.15, 0.2) is 30.6 Å². The summed E-state index contributed by atoms with van der Waals surface area (Å²) in [5.74, 6) is -0.638. The molecule has 0 amide bonds. The van der Waals surface area contributed by atoms with Gasteiger partial charge in [-0.2, -0.15) is 0 Å². The zero-order valence-electron chi connectivity index (χ0n) is 9.88. The van der Waals surface area contributed by atoms with Gasteiger partial charge in [-0.15, -0.1) is 0 Å². The number of nitrogens with zero attached hydrogens (tertiary/aromatic N) is 2. The summed E-state index contributed by atoms with van der Waals surface area (Å²) in [5.41, 5.74) is 0.515. The molecule has 0 aliphatic rings. The van der Waals surface area contributed by atoms with Crippen LogP contribution in [0.3, 0.4) is 0 Å². The number of rotatable bonds is 3. The highest BCUT2D eigenvalue weighted by Gasteiger charge is 2.20. The molecule has 94 valence electrons. The molecule has 5 nitrogen and oxygen atoms in total. The van der Waals surface area contributed by atoms with Gasteiger partial charge >= 0.3 is 5.69 Å². The summed E-state index contributed by atoms with van der Waals surface area (Å²) in [6.07, 6.45) is 3.43. The lowest BCUT2D eigenvalue weighted by atomic mass is 10.1. The average Bonchev–Trinajstić information content (AvgIpc) is 2.74. The Hall–Kier alpha value is -2.37. The fraction of sp³-hybridized carbons (Fsp3) is 0.167. The van der Waals surface area contributed by atoms with Crippen LogP contribution >= 0.6 is 0 Å². The fourth-order valence-electron chi connectivity index (χ4n) is 1.73. The van der Waals surface area contributed by atoms with Crippen molar-refractivity contribution in [2.75, 3.05) is 7.11 Å². The maximum atomic E-state index is 13.9. The summed E-state index contributed by atoms with van der Waals surface area (Å²) < 4.78 is 20.4. The molecule has 0 N–H and O–H groups in total. The average molecular weight is 250 g/mol. The Morgan fingerprint density at radius 3 is 2.67 bits per heavy atom. The number of nitro benzene ring substituents is 1. The lowest BCUT2D eigenvalue weighted by Gasteiger charge is -2.05. The molecule has 1 heterocycles. The molecular weight excluding hydrogens is 239 g/mol. The van der Waals surface area contributed by atoms with E-state index in [-0.39, 0.29) is 17.0 Å². The Bertz CT molecular complexity index is 607. The van der Waals surface area contributed by atoms with E-state index in [9.17, 15) is 14.5 Å². The highest BCUT2D eigenvalue weighted by molar-refractivity contribution is 5.69. The van der Waals surface area contributed by atoms with Crippen LogP contribution < -0.4 is 4.74 Å². The molecule has 18 heavy (non-hydrogen) atoms. The van der Waals surface area contributed by atoms with Crippen LogP contribution in [0.25, 0.3) is 11.1 Å². The smallest absolute Gasteiger partial charge is 0.311 e. The van der Waals surface area contributed by atoms with Crippen LogP contribution in [-0.2, 0) is 7.05 Å². The van der Waals surface area contributed by atoms with Crippen LogP contribution in [0.5, 0.6) is 5.75 Å². The van der Waals surface area contributed by atoms with Gasteiger partial charge in [-0.05, 0) is 6.07 Å². The van der Waals surface area contributed by atoms with Gasteiger partial charge < -0.3 is 9.30 Å². The molecule has 0 unspecified atom stereocenters. The molecule has 0 saturated carbocycles. The standard InChI is InChI=1S/C12H11FN2O3/c1-14-4-3-8(7-14)9-5-11(15(16)17)12(18-2)6-10(9)13/h3-7H,1-2H3. The molecule has 6 heteroatoms. The number of nitro groups is 1. The maximum absolute atomic E-state index is 13.9. The first kappa shape index (κ1) is 12.1.